The number of nitrogens with zero attached hydrogens (tertiary/aromatic N) is 3. The summed E-state index contributed by atoms with van der Waals surface area (Å²) in [7, 11) is 0. The molecule has 3 rings (SSSR count). The Balaban J connectivity index is 1.55. The number of piperidine rings is 1. The second-order valence-electron chi connectivity index (χ2n) is 7.18. The molecule has 128 valence electrons. The van der Waals surface area contributed by atoms with Crippen LogP contribution in [0.4, 0.5) is 0 Å². The van der Waals surface area contributed by atoms with Gasteiger partial charge >= 0.3 is 0 Å². The third-order valence-electron chi connectivity index (χ3n) is 5.44. The van der Waals surface area contributed by atoms with Crippen molar-refractivity contribution in [3.05, 3.63) is 17.5 Å². The van der Waals surface area contributed by atoms with Gasteiger partial charge in [-0.2, -0.15) is 0 Å². The Morgan fingerprint density at radius 2 is 2.00 bits per heavy atom. The van der Waals surface area contributed by atoms with E-state index in [4.69, 9.17) is 4.52 Å². The number of hydrogen-bond donors (Lipinski definition) is 0. The molecule has 1 aromatic rings. The molecule has 1 aromatic heterocycles. The largest absolute Gasteiger partial charge is 0.360 e. The van der Waals surface area contributed by atoms with Gasteiger partial charge < -0.3 is 9.42 Å². The van der Waals surface area contributed by atoms with Gasteiger partial charge in [-0.25, -0.2) is 0 Å². The Bertz CT molecular complexity index is 520. The lowest BCUT2D eigenvalue weighted by Gasteiger charge is -2.40. The zero-order valence-corrected chi connectivity index (χ0v) is 14.5. The molecule has 1 amide bonds. The average Bonchev–Trinajstić information content (AvgIpc) is 2.80. The van der Waals surface area contributed by atoms with Crippen molar-refractivity contribution in [1.82, 2.24) is 15.0 Å². The highest BCUT2D eigenvalue weighted by molar-refractivity contribution is 5.73. The van der Waals surface area contributed by atoms with Crippen LogP contribution in [0.2, 0.25) is 0 Å². The first-order valence-electron chi connectivity index (χ1n) is 9.05. The average molecular weight is 319 g/mol. The van der Waals surface area contributed by atoms with Gasteiger partial charge in [-0.3, -0.25) is 9.69 Å². The molecule has 0 bridgehead atoms. The van der Waals surface area contributed by atoms with Crippen molar-refractivity contribution < 1.29 is 9.32 Å². The molecule has 0 radical (unpaired) electrons. The Labute approximate surface area is 139 Å². The second-order valence-corrected chi connectivity index (χ2v) is 7.18. The van der Waals surface area contributed by atoms with Crippen LogP contribution in [0.1, 0.15) is 56.9 Å². The number of aryl methyl sites for hydroxylation is 1. The van der Waals surface area contributed by atoms with Crippen molar-refractivity contribution in [2.75, 3.05) is 19.6 Å². The van der Waals surface area contributed by atoms with E-state index in [-0.39, 0.29) is 5.91 Å². The first kappa shape index (κ1) is 16.5. The highest BCUT2D eigenvalue weighted by atomic mass is 16.5. The number of hydrogen-bond acceptors (Lipinski definition) is 4. The van der Waals surface area contributed by atoms with E-state index in [1.54, 1.807) is 6.92 Å². The summed E-state index contributed by atoms with van der Waals surface area (Å²) in [6.07, 6.45) is 7.25. The number of carbonyl (C=O) groups is 1. The van der Waals surface area contributed by atoms with E-state index >= 15 is 0 Å². The number of rotatable bonds is 3. The molecule has 2 saturated heterocycles. The molecule has 2 aliphatic rings. The maximum atomic E-state index is 12.0. The van der Waals surface area contributed by atoms with Gasteiger partial charge in [-0.05, 0) is 51.6 Å². The lowest BCUT2D eigenvalue weighted by molar-refractivity contribution is -0.132. The fraction of sp³-hybridized carbons (Fsp3) is 0.778. The molecule has 5 nitrogen and oxygen atoms in total. The summed E-state index contributed by atoms with van der Waals surface area (Å²) >= 11 is 0. The Hall–Kier alpha value is -1.36. The minimum Gasteiger partial charge on any atom is -0.360 e. The summed E-state index contributed by atoms with van der Waals surface area (Å²) in [4.78, 5) is 16.6. The van der Waals surface area contributed by atoms with Crippen LogP contribution in [0, 0.1) is 12.8 Å². The number of likely N-dealkylation sites (tertiary alicyclic amines) is 2. The SMILES string of the molecule is CC(=O)N1CCCCCC1C1CCN(Cc2cc(C)no2)CC1. The van der Waals surface area contributed by atoms with Crippen molar-refractivity contribution in [3.8, 4) is 0 Å². The highest BCUT2D eigenvalue weighted by Gasteiger charge is 2.32. The molecular weight excluding hydrogens is 290 g/mol. The minimum atomic E-state index is 0.261. The molecule has 1 unspecified atom stereocenters. The number of amides is 1. The molecule has 0 aromatic carbocycles. The quantitative estimate of drug-likeness (QED) is 0.859. The van der Waals surface area contributed by atoms with E-state index in [0.29, 0.717) is 12.0 Å². The third kappa shape index (κ3) is 4.14. The van der Waals surface area contributed by atoms with Crippen molar-refractivity contribution >= 4 is 5.91 Å². The number of carbonyl (C=O) groups excluding carboxylic acids is 1. The highest BCUT2D eigenvalue weighted by Crippen LogP contribution is 2.30. The maximum absolute atomic E-state index is 12.0. The first-order chi connectivity index (χ1) is 11.1. The monoisotopic (exact) mass is 319 g/mol. The zero-order chi connectivity index (χ0) is 16.2. The van der Waals surface area contributed by atoms with Crippen molar-refractivity contribution in [3.63, 3.8) is 0 Å². The second kappa shape index (κ2) is 7.47. The summed E-state index contributed by atoms with van der Waals surface area (Å²) in [6.45, 7) is 7.69. The van der Waals surface area contributed by atoms with E-state index in [0.717, 1.165) is 37.6 Å². The molecule has 0 spiro atoms. The van der Waals surface area contributed by atoms with Gasteiger partial charge in [0.25, 0.3) is 0 Å². The van der Waals surface area contributed by atoms with Crippen LogP contribution in [0.25, 0.3) is 0 Å². The summed E-state index contributed by atoms with van der Waals surface area (Å²) in [5.41, 5.74) is 0.949. The zero-order valence-electron chi connectivity index (χ0n) is 14.5. The Kier molecular flexibility index (Phi) is 5.36. The van der Waals surface area contributed by atoms with E-state index in [1.165, 1.54) is 38.5 Å². The molecule has 2 aliphatic heterocycles. The van der Waals surface area contributed by atoms with Crippen LogP contribution in [0.15, 0.2) is 10.6 Å². The lowest BCUT2D eigenvalue weighted by atomic mass is 9.86. The molecule has 2 fully saturated rings. The van der Waals surface area contributed by atoms with Crippen LogP contribution < -0.4 is 0 Å². The van der Waals surface area contributed by atoms with Gasteiger partial charge in [0.1, 0.15) is 0 Å². The van der Waals surface area contributed by atoms with Gasteiger partial charge in [0.2, 0.25) is 5.91 Å². The van der Waals surface area contributed by atoms with Gasteiger partial charge in [0, 0.05) is 25.6 Å². The molecule has 0 aliphatic carbocycles. The van der Waals surface area contributed by atoms with Crippen molar-refractivity contribution in [1.29, 1.82) is 0 Å². The standard InChI is InChI=1S/C18H29N3O2/c1-14-12-17(23-19-14)13-20-10-7-16(8-11-20)18-6-4-3-5-9-21(18)15(2)22/h12,16,18H,3-11,13H2,1-2H3. The van der Waals surface area contributed by atoms with E-state index in [2.05, 4.69) is 15.0 Å². The summed E-state index contributed by atoms with van der Waals surface area (Å²) in [5, 5.41) is 3.96. The molecule has 3 heterocycles. The van der Waals surface area contributed by atoms with Crippen LogP contribution in [-0.2, 0) is 11.3 Å². The third-order valence-corrected chi connectivity index (χ3v) is 5.44. The summed E-state index contributed by atoms with van der Waals surface area (Å²) in [6, 6.07) is 2.49. The van der Waals surface area contributed by atoms with Gasteiger partial charge in [-0.15, -0.1) is 0 Å². The van der Waals surface area contributed by atoms with Crippen LogP contribution in [0.5, 0.6) is 0 Å². The van der Waals surface area contributed by atoms with E-state index in [1.807, 2.05) is 13.0 Å². The molecule has 1 atom stereocenters. The Morgan fingerprint density at radius 1 is 1.22 bits per heavy atom. The summed E-state index contributed by atoms with van der Waals surface area (Å²) in [5.74, 6) is 1.88. The lowest BCUT2D eigenvalue weighted by Crippen LogP contribution is -2.47. The van der Waals surface area contributed by atoms with Gasteiger partial charge in [0.05, 0.1) is 12.2 Å². The maximum Gasteiger partial charge on any atom is 0.219 e. The predicted molar refractivity (Wildman–Crippen MR) is 88.9 cm³/mol. The van der Waals surface area contributed by atoms with Crippen LogP contribution in [0.3, 0.4) is 0 Å². The fourth-order valence-corrected chi connectivity index (χ4v) is 4.22. The first-order valence-corrected chi connectivity index (χ1v) is 9.05. The fourth-order valence-electron chi connectivity index (χ4n) is 4.22. The smallest absolute Gasteiger partial charge is 0.219 e. The van der Waals surface area contributed by atoms with Gasteiger partial charge in [-0.1, -0.05) is 18.0 Å². The van der Waals surface area contributed by atoms with Gasteiger partial charge in [0.15, 0.2) is 5.76 Å². The molecular formula is C18H29N3O2. The van der Waals surface area contributed by atoms with Crippen LogP contribution in [-0.4, -0.2) is 46.5 Å². The van der Waals surface area contributed by atoms with Crippen molar-refractivity contribution in [2.45, 2.75) is 65.0 Å². The van der Waals surface area contributed by atoms with E-state index < -0.39 is 0 Å². The molecule has 5 heteroatoms. The molecule has 0 N–H and O–H groups in total. The topological polar surface area (TPSA) is 49.6 Å². The summed E-state index contributed by atoms with van der Waals surface area (Å²) < 4.78 is 5.33. The van der Waals surface area contributed by atoms with Crippen LogP contribution >= 0.6 is 0 Å². The normalized spacial score (nSPS) is 24.6. The van der Waals surface area contributed by atoms with Crippen molar-refractivity contribution in [2.24, 2.45) is 5.92 Å². The molecule has 23 heavy (non-hydrogen) atoms. The molecule has 0 saturated carbocycles. The predicted octanol–water partition coefficient (Wildman–Crippen LogP) is 2.99. The minimum absolute atomic E-state index is 0.261. The Morgan fingerprint density at radius 3 is 2.65 bits per heavy atom. The number of aromatic nitrogens is 1. The van der Waals surface area contributed by atoms with E-state index in [9.17, 15) is 4.79 Å².